The molecule has 1 aliphatic heterocycles. The van der Waals surface area contributed by atoms with E-state index in [1.165, 1.54) is 0 Å². The standard InChI is InChI=1S/C20H22ClF3N4O/c1-14(15-5-3-2-4-6-15)26-18(29)13-27-7-9-28(10-8-27)19-17(21)11-16(12-25-19)20(22,23)24/h2-6,11-12,14H,7-10,13H2,1H3,(H,26,29)/t14-/m0/s1. The Labute approximate surface area is 172 Å². The molecular weight excluding hydrogens is 405 g/mol. The maximum absolute atomic E-state index is 12.8. The Morgan fingerprint density at radius 3 is 2.45 bits per heavy atom. The van der Waals surface area contributed by atoms with Crippen LogP contribution < -0.4 is 10.2 Å². The Morgan fingerprint density at radius 2 is 1.86 bits per heavy atom. The highest BCUT2D eigenvalue weighted by atomic mass is 35.5. The van der Waals surface area contributed by atoms with E-state index in [0.29, 0.717) is 32.0 Å². The second kappa shape index (κ2) is 9.00. The fraction of sp³-hybridized carbons (Fsp3) is 0.400. The van der Waals surface area contributed by atoms with Crippen LogP contribution in [0.3, 0.4) is 0 Å². The number of hydrogen-bond acceptors (Lipinski definition) is 4. The molecule has 0 spiro atoms. The molecule has 2 aromatic rings. The van der Waals surface area contributed by atoms with Crippen molar-refractivity contribution in [2.75, 3.05) is 37.6 Å². The van der Waals surface area contributed by atoms with Gasteiger partial charge in [-0.1, -0.05) is 41.9 Å². The van der Waals surface area contributed by atoms with Crippen molar-refractivity contribution in [2.24, 2.45) is 0 Å². The number of carbonyl (C=O) groups is 1. The smallest absolute Gasteiger partial charge is 0.353 e. The number of pyridine rings is 1. The summed E-state index contributed by atoms with van der Waals surface area (Å²) in [6, 6.07) is 10.5. The average Bonchev–Trinajstić information content (AvgIpc) is 2.68. The van der Waals surface area contributed by atoms with Gasteiger partial charge in [0.25, 0.3) is 0 Å². The minimum atomic E-state index is -4.47. The van der Waals surface area contributed by atoms with Gasteiger partial charge in [-0.25, -0.2) is 4.98 Å². The molecule has 3 rings (SSSR count). The summed E-state index contributed by atoms with van der Waals surface area (Å²) >= 11 is 6.02. The lowest BCUT2D eigenvalue weighted by Gasteiger charge is -2.35. The number of nitrogens with one attached hydrogen (secondary N) is 1. The van der Waals surface area contributed by atoms with Crippen LogP contribution in [0, 0.1) is 0 Å². The Morgan fingerprint density at radius 1 is 1.21 bits per heavy atom. The topological polar surface area (TPSA) is 48.5 Å². The number of rotatable bonds is 5. The average molecular weight is 427 g/mol. The van der Waals surface area contributed by atoms with E-state index in [0.717, 1.165) is 17.8 Å². The highest BCUT2D eigenvalue weighted by molar-refractivity contribution is 6.33. The predicted molar refractivity (Wildman–Crippen MR) is 106 cm³/mol. The zero-order valence-electron chi connectivity index (χ0n) is 15.9. The fourth-order valence-electron chi connectivity index (χ4n) is 3.25. The highest BCUT2D eigenvalue weighted by Gasteiger charge is 2.32. The lowest BCUT2D eigenvalue weighted by Crippen LogP contribution is -2.50. The minimum absolute atomic E-state index is 0.0253. The first-order chi connectivity index (χ1) is 13.7. The van der Waals surface area contributed by atoms with Gasteiger partial charge in [-0.05, 0) is 18.6 Å². The van der Waals surface area contributed by atoms with Gasteiger partial charge in [-0.3, -0.25) is 9.69 Å². The molecular formula is C20H22ClF3N4O. The molecule has 1 aromatic carbocycles. The minimum Gasteiger partial charge on any atom is -0.353 e. The van der Waals surface area contributed by atoms with Crippen LogP contribution in [0.15, 0.2) is 42.6 Å². The van der Waals surface area contributed by atoms with Gasteiger partial charge >= 0.3 is 6.18 Å². The number of amides is 1. The quantitative estimate of drug-likeness (QED) is 0.791. The van der Waals surface area contributed by atoms with Gasteiger partial charge in [0.2, 0.25) is 5.91 Å². The summed E-state index contributed by atoms with van der Waals surface area (Å²) in [4.78, 5) is 20.1. The molecule has 5 nitrogen and oxygen atoms in total. The van der Waals surface area contributed by atoms with E-state index in [2.05, 4.69) is 10.3 Å². The molecule has 0 saturated carbocycles. The monoisotopic (exact) mass is 426 g/mol. The van der Waals surface area contributed by atoms with E-state index in [9.17, 15) is 18.0 Å². The Kier molecular flexibility index (Phi) is 6.64. The van der Waals surface area contributed by atoms with Gasteiger partial charge in [0, 0.05) is 32.4 Å². The van der Waals surface area contributed by atoms with Gasteiger partial charge in [-0.15, -0.1) is 0 Å². The van der Waals surface area contributed by atoms with Crippen LogP contribution in [0.2, 0.25) is 5.02 Å². The molecule has 1 saturated heterocycles. The molecule has 9 heteroatoms. The van der Waals surface area contributed by atoms with Crippen molar-refractivity contribution < 1.29 is 18.0 Å². The van der Waals surface area contributed by atoms with Crippen molar-refractivity contribution in [3.8, 4) is 0 Å². The van der Waals surface area contributed by atoms with Gasteiger partial charge in [-0.2, -0.15) is 13.2 Å². The van der Waals surface area contributed by atoms with Crippen molar-refractivity contribution in [3.63, 3.8) is 0 Å². The van der Waals surface area contributed by atoms with Crippen LogP contribution in [0.5, 0.6) is 0 Å². The number of aromatic nitrogens is 1. The summed E-state index contributed by atoms with van der Waals surface area (Å²) in [5.41, 5.74) is 0.169. The zero-order chi connectivity index (χ0) is 21.0. The summed E-state index contributed by atoms with van der Waals surface area (Å²) < 4.78 is 38.3. The van der Waals surface area contributed by atoms with E-state index in [1.807, 2.05) is 47.1 Å². The predicted octanol–water partition coefficient (Wildman–Crippen LogP) is 3.75. The zero-order valence-corrected chi connectivity index (χ0v) is 16.7. The second-order valence-corrected chi connectivity index (χ2v) is 7.40. The third-order valence-electron chi connectivity index (χ3n) is 4.87. The number of carbonyl (C=O) groups excluding carboxylic acids is 1. The Balaban J connectivity index is 1.51. The van der Waals surface area contributed by atoms with Crippen molar-refractivity contribution >= 4 is 23.3 Å². The Bertz CT molecular complexity index is 839. The van der Waals surface area contributed by atoms with Gasteiger partial charge in [0.05, 0.1) is 23.2 Å². The van der Waals surface area contributed by atoms with Crippen molar-refractivity contribution in [1.29, 1.82) is 0 Å². The molecule has 1 atom stereocenters. The molecule has 0 aliphatic carbocycles. The number of alkyl halides is 3. The summed E-state index contributed by atoms with van der Waals surface area (Å²) in [7, 11) is 0. The molecule has 2 heterocycles. The van der Waals surface area contributed by atoms with Crippen LogP contribution in [-0.4, -0.2) is 48.5 Å². The molecule has 1 amide bonds. The van der Waals surface area contributed by atoms with Crippen LogP contribution in [0.4, 0.5) is 19.0 Å². The highest BCUT2D eigenvalue weighted by Crippen LogP contribution is 2.33. The summed E-state index contributed by atoms with van der Waals surface area (Å²) in [6.07, 6.45) is -3.68. The molecule has 156 valence electrons. The lowest BCUT2D eigenvalue weighted by molar-refractivity contribution is -0.137. The lowest BCUT2D eigenvalue weighted by atomic mass is 10.1. The summed E-state index contributed by atoms with van der Waals surface area (Å²) in [6.45, 7) is 4.43. The fourth-order valence-corrected chi connectivity index (χ4v) is 3.54. The van der Waals surface area contributed by atoms with Gasteiger partial charge < -0.3 is 10.2 Å². The molecule has 0 radical (unpaired) electrons. The van der Waals surface area contributed by atoms with E-state index >= 15 is 0 Å². The SMILES string of the molecule is C[C@H](NC(=O)CN1CCN(c2ncc(C(F)(F)F)cc2Cl)CC1)c1ccccc1. The van der Waals surface area contributed by atoms with Crippen LogP contribution in [0.1, 0.15) is 24.1 Å². The first-order valence-corrected chi connectivity index (χ1v) is 9.66. The normalized spacial score (nSPS) is 16.5. The van der Waals surface area contributed by atoms with Crippen LogP contribution >= 0.6 is 11.6 Å². The largest absolute Gasteiger partial charge is 0.417 e. The third-order valence-corrected chi connectivity index (χ3v) is 5.14. The number of piperazine rings is 1. The molecule has 0 unspecified atom stereocenters. The van der Waals surface area contributed by atoms with E-state index in [-0.39, 0.29) is 23.5 Å². The number of nitrogens with zero attached hydrogens (tertiary/aromatic N) is 3. The van der Waals surface area contributed by atoms with Crippen LogP contribution in [0.25, 0.3) is 0 Å². The second-order valence-electron chi connectivity index (χ2n) is 6.99. The van der Waals surface area contributed by atoms with Crippen molar-refractivity contribution in [3.05, 3.63) is 58.7 Å². The molecule has 1 aliphatic rings. The maximum atomic E-state index is 12.8. The first-order valence-electron chi connectivity index (χ1n) is 9.28. The van der Waals surface area contributed by atoms with E-state index in [1.54, 1.807) is 0 Å². The maximum Gasteiger partial charge on any atom is 0.417 e. The Hall–Kier alpha value is -2.32. The first kappa shape index (κ1) is 21.4. The molecule has 0 bridgehead atoms. The molecule has 1 aromatic heterocycles. The van der Waals surface area contributed by atoms with Crippen LogP contribution in [-0.2, 0) is 11.0 Å². The van der Waals surface area contributed by atoms with Gasteiger partial charge in [0.15, 0.2) is 0 Å². The number of benzene rings is 1. The van der Waals surface area contributed by atoms with Gasteiger partial charge in [0.1, 0.15) is 5.82 Å². The molecule has 29 heavy (non-hydrogen) atoms. The van der Waals surface area contributed by atoms with E-state index < -0.39 is 11.7 Å². The van der Waals surface area contributed by atoms with Crippen molar-refractivity contribution in [1.82, 2.24) is 15.2 Å². The van der Waals surface area contributed by atoms with E-state index in [4.69, 9.17) is 11.6 Å². The third kappa shape index (κ3) is 5.61. The van der Waals surface area contributed by atoms with Crippen molar-refractivity contribution in [2.45, 2.75) is 19.1 Å². The summed E-state index contributed by atoms with van der Waals surface area (Å²) in [5, 5.41) is 2.96. The number of anilines is 1. The number of halogens is 4. The number of hydrogen-bond donors (Lipinski definition) is 1. The molecule has 1 fully saturated rings. The summed E-state index contributed by atoms with van der Waals surface area (Å²) in [5.74, 6) is 0.266. The molecule has 1 N–H and O–H groups in total.